The number of carbonyl (C=O) groups is 2. The van der Waals surface area contributed by atoms with Gasteiger partial charge in [0.15, 0.2) is 6.61 Å². The Balaban J connectivity index is 1.80. The maximum atomic E-state index is 11.7. The molecule has 1 N–H and O–H groups in total. The number of nitrogens with one attached hydrogen (secondary N) is 1. The van der Waals surface area contributed by atoms with E-state index in [9.17, 15) is 9.59 Å². The van der Waals surface area contributed by atoms with E-state index < -0.39 is 0 Å². The number of aryl methyl sites for hydroxylation is 2. The Morgan fingerprint density at radius 3 is 2.55 bits per heavy atom. The number of rotatable bonds is 4. The monoisotopic (exact) mass is 275 g/mol. The molecule has 1 aromatic rings. The predicted octanol–water partition coefficient (Wildman–Crippen LogP) is 2.98. The van der Waals surface area contributed by atoms with Crippen molar-refractivity contribution in [2.24, 2.45) is 5.92 Å². The Bertz CT molecular complexity index is 504. The van der Waals surface area contributed by atoms with Crippen LogP contribution >= 0.6 is 0 Å². The minimum atomic E-state index is -0.292. The SMILES string of the molecule is Cc1ccc(NC(=O)COC(=O)C2CCCC2)cc1C. The summed E-state index contributed by atoms with van der Waals surface area (Å²) in [6.45, 7) is 3.80. The van der Waals surface area contributed by atoms with Crippen LogP contribution in [0.25, 0.3) is 0 Å². The Morgan fingerprint density at radius 2 is 1.90 bits per heavy atom. The molecule has 1 aliphatic carbocycles. The van der Waals surface area contributed by atoms with Crippen molar-refractivity contribution in [3.63, 3.8) is 0 Å². The molecule has 1 fully saturated rings. The zero-order chi connectivity index (χ0) is 14.5. The first-order chi connectivity index (χ1) is 9.56. The molecule has 4 nitrogen and oxygen atoms in total. The standard InChI is InChI=1S/C16H21NO3/c1-11-7-8-14(9-12(11)2)17-15(18)10-20-16(19)13-5-3-4-6-13/h7-9,13H,3-6,10H2,1-2H3,(H,17,18). The second-order valence-corrected chi connectivity index (χ2v) is 5.44. The van der Waals surface area contributed by atoms with Gasteiger partial charge in [0.1, 0.15) is 0 Å². The average Bonchev–Trinajstić information content (AvgIpc) is 2.94. The van der Waals surface area contributed by atoms with Crippen molar-refractivity contribution in [3.05, 3.63) is 29.3 Å². The van der Waals surface area contributed by atoms with E-state index >= 15 is 0 Å². The highest BCUT2D eigenvalue weighted by molar-refractivity contribution is 5.93. The van der Waals surface area contributed by atoms with Crippen LogP contribution in [0.3, 0.4) is 0 Å². The van der Waals surface area contributed by atoms with Gasteiger partial charge >= 0.3 is 5.97 Å². The minimum Gasteiger partial charge on any atom is -0.455 e. The predicted molar refractivity (Wildman–Crippen MR) is 77.5 cm³/mol. The number of benzene rings is 1. The summed E-state index contributed by atoms with van der Waals surface area (Å²) < 4.78 is 5.06. The number of esters is 1. The molecule has 0 bridgehead atoms. The molecule has 0 aliphatic heterocycles. The van der Waals surface area contributed by atoms with Crippen molar-refractivity contribution in [1.29, 1.82) is 0 Å². The molecule has 1 amide bonds. The third kappa shape index (κ3) is 3.83. The molecular weight excluding hydrogens is 254 g/mol. The molecule has 0 atom stereocenters. The van der Waals surface area contributed by atoms with E-state index in [1.165, 1.54) is 5.56 Å². The zero-order valence-electron chi connectivity index (χ0n) is 12.1. The van der Waals surface area contributed by atoms with Crippen LogP contribution < -0.4 is 5.32 Å². The van der Waals surface area contributed by atoms with Crippen molar-refractivity contribution in [2.75, 3.05) is 11.9 Å². The van der Waals surface area contributed by atoms with Gasteiger partial charge in [-0.1, -0.05) is 18.9 Å². The highest BCUT2D eigenvalue weighted by Gasteiger charge is 2.24. The van der Waals surface area contributed by atoms with Crippen molar-refractivity contribution in [3.8, 4) is 0 Å². The van der Waals surface area contributed by atoms with E-state index in [4.69, 9.17) is 4.74 Å². The van der Waals surface area contributed by atoms with E-state index in [1.807, 2.05) is 32.0 Å². The molecule has 0 spiro atoms. The Morgan fingerprint density at radius 1 is 1.20 bits per heavy atom. The van der Waals surface area contributed by atoms with Crippen molar-refractivity contribution >= 4 is 17.6 Å². The Kier molecular flexibility index (Phi) is 4.77. The maximum Gasteiger partial charge on any atom is 0.309 e. The average molecular weight is 275 g/mol. The molecule has 0 heterocycles. The molecule has 1 saturated carbocycles. The lowest BCUT2D eigenvalue weighted by atomic mass is 10.1. The molecule has 0 aromatic heterocycles. The minimum absolute atomic E-state index is 0.00980. The van der Waals surface area contributed by atoms with Gasteiger partial charge in [0.2, 0.25) is 0 Å². The fourth-order valence-electron chi connectivity index (χ4n) is 2.43. The van der Waals surface area contributed by atoms with Crippen LogP contribution in [0.1, 0.15) is 36.8 Å². The van der Waals surface area contributed by atoms with Gasteiger partial charge in [0.25, 0.3) is 5.91 Å². The second kappa shape index (κ2) is 6.55. The number of amides is 1. The van der Waals surface area contributed by atoms with Gasteiger partial charge in [-0.25, -0.2) is 0 Å². The molecular formula is C16H21NO3. The smallest absolute Gasteiger partial charge is 0.309 e. The lowest BCUT2D eigenvalue weighted by molar-refractivity contribution is -0.151. The molecule has 20 heavy (non-hydrogen) atoms. The highest BCUT2D eigenvalue weighted by Crippen LogP contribution is 2.25. The summed E-state index contributed by atoms with van der Waals surface area (Å²) in [5, 5.41) is 2.74. The van der Waals surface area contributed by atoms with Crippen LogP contribution in [0, 0.1) is 19.8 Å². The first-order valence-electron chi connectivity index (χ1n) is 7.10. The third-order valence-corrected chi connectivity index (χ3v) is 3.82. The molecule has 0 radical (unpaired) electrons. The largest absolute Gasteiger partial charge is 0.455 e. The second-order valence-electron chi connectivity index (χ2n) is 5.44. The van der Waals surface area contributed by atoms with Crippen LogP contribution in [-0.2, 0) is 14.3 Å². The Hall–Kier alpha value is -1.84. The number of anilines is 1. The quantitative estimate of drug-likeness (QED) is 0.859. The van der Waals surface area contributed by atoms with Gasteiger partial charge in [-0.3, -0.25) is 9.59 Å². The maximum absolute atomic E-state index is 11.7. The summed E-state index contributed by atoms with van der Waals surface area (Å²) in [6, 6.07) is 5.71. The summed E-state index contributed by atoms with van der Waals surface area (Å²) in [6.07, 6.45) is 3.93. The fourth-order valence-corrected chi connectivity index (χ4v) is 2.43. The molecule has 0 saturated heterocycles. The third-order valence-electron chi connectivity index (χ3n) is 3.82. The summed E-state index contributed by atoms with van der Waals surface area (Å²) in [5.41, 5.74) is 3.02. The van der Waals surface area contributed by atoms with Gasteiger partial charge in [-0.2, -0.15) is 0 Å². The number of ether oxygens (including phenoxy) is 1. The van der Waals surface area contributed by atoms with E-state index in [1.54, 1.807) is 0 Å². The van der Waals surface area contributed by atoms with Gasteiger partial charge in [-0.15, -0.1) is 0 Å². The lowest BCUT2D eigenvalue weighted by Gasteiger charge is -2.10. The van der Waals surface area contributed by atoms with Gasteiger partial charge in [0, 0.05) is 5.69 Å². The molecule has 0 unspecified atom stereocenters. The van der Waals surface area contributed by atoms with Crippen LogP contribution in [0.2, 0.25) is 0 Å². The lowest BCUT2D eigenvalue weighted by Crippen LogP contribution is -2.23. The summed E-state index contributed by atoms with van der Waals surface area (Å²) >= 11 is 0. The van der Waals surface area contributed by atoms with Crippen molar-refractivity contribution in [1.82, 2.24) is 0 Å². The van der Waals surface area contributed by atoms with Crippen LogP contribution in [0.4, 0.5) is 5.69 Å². The van der Waals surface area contributed by atoms with Gasteiger partial charge in [-0.05, 0) is 49.9 Å². The molecule has 108 valence electrons. The van der Waals surface area contributed by atoms with Crippen molar-refractivity contribution in [2.45, 2.75) is 39.5 Å². The van der Waals surface area contributed by atoms with E-state index in [0.29, 0.717) is 0 Å². The Labute approximate surface area is 119 Å². The molecule has 1 aliphatic rings. The molecule has 2 rings (SSSR count). The molecule has 4 heteroatoms. The topological polar surface area (TPSA) is 55.4 Å². The van der Waals surface area contributed by atoms with Crippen molar-refractivity contribution < 1.29 is 14.3 Å². The normalized spacial score (nSPS) is 15.1. The number of hydrogen-bond donors (Lipinski definition) is 1. The van der Waals surface area contributed by atoms with E-state index in [2.05, 4.69) is 5.32 Å². The first kappa shape index (κ1) is 14.6. The van der Waals surface area contributed by atoms with E-state index in [0.717, 1.165) is 36.9 Å². The van der Waals surface area contributed by atoms with E-state index in [-0.39, 0.29) is 24.4 Å². The summed E-state index contributed by atoms with van der Waals surface area (Å²) in [5.74, 6) is -0.540. The highest BCUT2D eigenvalue weighted by atomic mass is 16.5. The van der Waals surface area contributed by atoms with Gasteiger partial charge in [0.05, 0.1) is 5.92 Å². The van der Waals surface area contributed by atoms with Crippen LogP contribution in [0.15, 0.2) is 18.2 Å². The van der Waals surface area contributed by atoms with Crippen LogP contribution in [0.5, 0.6) is 0 Å². The number of carbonyl (C=O) groups excluding carboxylic acids is 2. The number of hydrogen-bond acceptors (Lipinski definition) is 3. The van der Waals surface area contributed by atoms with Crippen LogP contribution in [-0.4, -0.2) is 18.5 Å². The summed E-state index contributed by atoms with van der Waals surface area (Å²) in [7, 11) is 0. The van der Waals surface area contributed by atoms with Gasteiger partial charge < -0.3 is 10.1 Å². The summed E-state index contributed by atoms with van der Waals surface area (Å²) in [4.78, 5) is 23.4. The fraction of sp³-hybridized carbons (Fsp3) is 0.500. The zero-order valence-corrected chi connectivity index (χ0v) is 12.1. The first-order valence-corrected chi connectivity index (χ1v) is 7.10. The molecule has 1 aromatic carbocycles.